The van der Waals surface area contributed by atoms with Crippen LogP contribution >= 0.6 is 0 Å². The number of rotatable bonds is 2. The molecule has 1 N–H and O–H groups in total. The molecule has 0 saturated carbocycles. The summed E-state index contributed by atoms with van der Waals surface area (Å²) in [6.45, 7) is 5.40. The molecule has 1 fully saturated rings. The Labute approximate surface area is 108 Å². The van der Waals surface area contributed by atoms with E-state index in [1.54, 1.807) is 0 Å². The molecule has 3 heteroatoms. The van der Waals surface area contributed by atoms with Crippen LogP contribution in [-0.2, 0) is 0 Å². The molecule has 3 rings (SSSR count). The molecule has 0 radical (unpaired) electrons. The molecule has 2 heterocycles. The molecule has 0 aliphatic carbocycles. The fourth-order valence-corrected chi connectivity index (χ4v) is 2.68. The van der Waals surface area contributed by atoms with Gasteiger partial charge in [-0.1, -0.05) is 12.1 Å². The average molecular weight is 241 g/mol. The summed E-state index contributed by atoms with van der Waals surface area (Å²) in [6.07, 6.45) is 6.38. The lowest BCUT2D eigenvalue weighted by Crippen LogP contribution is -2.16. The Morgan fingerprint density at radius 1 is 1.33 bits per heavy atom. The van der Waals surface area contributed by atoms with Crippen LogP contribution in [0.1, 0.15) is 35.7 Å². The summed E-state index contributed by atoms with van der Waals surface area (Å²) in [7, 11) is 0. The highest BCUT2D eigenvalue weighted by Crippen LogP contribution is 2.26. The van der Waals surface area contributed by atoms with Crippen molar-refractivity contribution in [2.75, 3.05) is 6.54 Å². The molecule has 18 heavy (non-hydrogen) atoms. The van der Waals surface area contributed by atoms with Gasteiger partial charge in [0.05, 0.1) is 18.2 Å². The first-order valence-corrected chi connectivity index (χ1v) is 6.59. The van der Waals surface area contributed by atoms with Crippen LogP contribution in [0.4, 0.5) is 0 Å². The van der Waals surface area contributed by atoms with Crippen molar-refractivity contribution >= 4 is 0 Å². The molecule has 0 bridgehead atoms. The standard InChI is InChI=1S/C15H19N3/c1-11-5-6-12(2)14(8-11)18-10-16-9-15(18)13-4-3-7-17-13/h5-6,8-10,13,17H,3-4,7H2,1-2H3/t13-/m0/s1. The number of benzene rings is 1. The molecule has 94 valence electrons. The Balaban J connectivity index is 2.06. The normalized spacial score (nSPS) is 19.3. The molecular formula is C15H19N3. The molecule has 0 amide bonds. The van der Waals surface area contributed by atoms with Gasteiger partial charge in [0.2, 0.25) is 0 Å². The third kappa shape index (κ3) is 1.95. The van der Waals surface area contributed by atoms with Crippen LogP contribution in [0.15, 0.2) is 30.7 Å². The van der Waals surface area contributed by atoms with E-state index in [9.17, 15) is 0 Å². The van der Waals surface area contributed by atoms with E-state index < -0.39 is 0 Å². The van der Waals surface area contributed by atoms with Gasteiger partial charge in [0, 0.05) is 11.7 Å². The topological polar surface area (TPSA) is 29.9 Å². The van der Waals surface area contributed by atoms with Crippen molar-refractivity contribution in [3.8, 4) is 5.69 Å². The molecule has 1 aliphatic rings. The zero-order valence-electron chi connectivity index (χ0n) is 11.0. The summed E-state index contributed by atoms with van der Waals surface area (Å²) in [6, 6.07) is 7.02. The summed E-state index contributed by atoms with van der Waals surface area (Å²) >= 11 is 0. The van der Waals surface area contributed by atoms with Crippen molar-refractivity contribution in [2.45, 2.75) is 32.7 Å². The second-order valence-electron chi connectivity index (χ2n) is 5.13. The summed E-state index contributed by atoms with van der Waals surface area (Å²) in [5, 5.41) is 3.54. The highest BCUT2D eigenvalue weighted by molar-refractivity contribution is 5.44. The van der Waals surface area contributed by atoms with Gasteiger partial charge in [-0.15, -0.1) is 0 Å². The predicted molar refractivity (Wildman–Crippen MR) is 73.0 cm³/mol. The minimum absolute atomic E-state index is 0.451. The number of nitrogens with zero attached hydrogens (tertiary/aromatic N) is 2. The second-order valence-corrected chi connectivity index (χ2v) is 5.13. The molecule has 1 saturated heterocycles. The molecule has 1 aromatic heterocycles. The first-order valence-electron chi connectivity index (χ1n) is 6.59. The zero-order chi connectivity index (χ0) is 12.5. The number of imidazole rings is 1. The Bertz CT molecular complexity index is 551. The van der Waals surface area contributed by atoms with E-state index in [2.05, 4.69) is 46.9 Å². The van der Waals surface area contributed by atoms with E-state index in [4.69, 9.17) is 0 Å². The van der Waals surface area contributed by atoms with Gasteiger partial charge < -0.3 is 9.88 Å². The van der Waals surface area contributed by atoms with Crippen LogP contribution < -0.4 is 5.32 Å². The largest absolute Gasteiger partial charge is 0.309 e. The first-order chi connectivity index (χ1) is 8.75. The van der Waals surface area contributed by atoms with Crippen molar-refractivity contribution < 1.29 is 0 Å². The zero-order valence-corrected chi connectivity index (χ0v) is 11.0. The quantitative estimate of drug-likeness (QED) is 0.876. The van der Waals surface area contributed by atoms with Gasteiger partial charge in [0.1, 0.15) is 0 Å². The van der Waals surface area contributed by atoms with E-state index in [-0.39, 0.29) is 0 Å². The Hall–Kier alpha value is -1.61. The predicted octanol–water partition coefficient (Wildman–Crippen LogP) is 2.91. The van der Waals surface area contributed by atoms with Gasteiger partial charge in [-0.2, -0.15) is 0 Å². The van der Waals surface area contributed by atoms with Crippen molar-refractivity contribution in [3.05, 3.63) is 47.5 Å². The summed E-state index contributed by atoms with van der Waals surface area (Å²) in [5.74, 6) is 0. The van der Waals surface area contributed by atoms with Crippen molar-refractivity contribution in [1.82, 2.24) is 14.9 Å². The summed E-state index contributed by atoms with van der Waals surface area (Å²) < 4.78 is 2.23. The van der Waals surface area contributed by atoms with E-state index in [0.717, 1.165) is 6.54 Å². The molecule has 2 aromatic rings. The number of aryl methyl sites for hydroxylation is 2. The van der Waals surface area contributed by atoms with Gasteiger partial charge >= 0.3 is 0 Å². The highest BCUT2D eigenvalue weighted by Gasteiger charge is 2.20. The van der Waals surface area contributed by atoms with Crippen LogP contribution in [-0.4, -0.2) is 16.1 Å². The van der Waals surface area contributed by atoms with E-state index in [1.165, 1.54) is 35.3 Å². The molecule has 0 spiro atoms. The number of nitrogens with one attached hydrogen (secondary N) is 1. The van der Waals surface area contributed by atoms with Gasteiger partial charge in [-0.3, -0.25) is 0 Å². The van der Waals surface area contributed by atoms with Crippen LogP contribution in [0.2, 0.25) is 0 Å². The maximum absolute atomic E-state index is 4.34. The first kappa shape index (κ1) is 11.5. The van der Waals surface area contributed by atoms with Crippen LogP contribution in [0, 0.1) is 13.8 Å². The molecular weight excluding hydrogens is 222 g/mol. The van der Waals surface area contributed by atoms with E-state index in [1.807, 2.05) is 12.5 Å². The molecule has 1 atom stereocenters. The smallest absolute Gasteiger partial charge is 0.0994 e. The Morgan fingerprint density at radius 3 is 3.00 bits per heavy atom. The highest BCUT2D eigenvalue weighted by atomic mass is 15.1. The molecule has 3 nitrogen and oxygen atoms in total. The SMILES string of the molecule is Cc1ccc(C)c(-n2cncc2[C@@H]2CCCN2)c1. The molecule has 1 aliphatic heterocycles. The van der Waals surface area contributed by atoms with Gasteiger partial charge in [-0.05, 0) is 50.4 Å². The van der Waals surface area contributed by atoms with Gasteiger partial charge in [-0.25, -0.2) is 4.98 Å². The fourth-order valence-electron chi connectivity index (χ4n) is 2.68. The third-order valence-electron chi connectivity index (χ3n) is 3.71. The number of hydrogen-bond donors (Lipinski definition) is 1. The van der Waals surface area contributed by atoms with Gasteiger partial charge in [0.15, 0.2) is 0 Å². The second kappa shape index (κ2) is 4.58. The van der Waals surface area contributed by atoms with Crippen molar-refractivity contribution in [3.63, 3.8) is 0 Å². The average Bonchev–Trinajstić information content (AvgIpc) is 3.00. The Kier molecular flexibility index (Phi) is 2.92. The third-order valence-corrected chi connectivity index (χ3v) is 3.71. The summed E-state index contributed by atoms with van der Waals surface area (Å²) in [5.41, 5.74) is 5.10. The van der Waals surface area contributed by atoms with Crippen molar-refractivity contribution in [2.24, 2.45) is 0 Å². The number of aromatic nitrogens is 2. The monoisotopic (exact) mass is 241 g/mol. The lowest BCUT2D eigenvalue weighted by atomic mass is 10.1. The minimum atomic E-state index is 0.451. The van der Waals surface area contributed by atoms with Gasteiger partial charge in [0.25, 0.3) is 0 Å². The Morgan fingerprint density at radius 2 is 2.22 bits per heavy atom. The van der Waals surface area contributed by atoms with Crippen LogP contribution in [0.25, 0.3) is 5.69 Å². The number of hydrogen-bond acceptors (Lipinski definition) is 2. The molecule has 1 aromatic carbocycles. The maximum Gasteiger partial charge on any atom is 0.0994 e. The lowest BCUT2D eigenvalue weighted by molar-refractivity contribution is 0.614. The van der Waals surface area contributed by atoms with Crippen LogP contribution in [0.3, 0.4) is 0 Å². The van der Waals surface area contributed by atoms with Crippen LogP contribution in [0.5, 0.6) is 0 Å². The fraction of sp³-hybridized carbons (Fsp3) is 0.400. The lowest BCUT2D eigenvalue weighted by Gasteiger charge is -2.16. The van der Waals surface area contributed by atoms with Crippen molar-refractivity contribution in [1.29, 1.82) is 0 Å². The summed E-state index contributed by atoms with van der Waals surface area (Å²) in [4.78, 5) is 4.34. The van der Waals surface area contributed by atoms with E-state index >= 15 is 0 Å². The van der Waals surface area contributed by atoms with E-state index in [0.29, 0.717) is 6.04 Å². The maximum atomic E-state index is 4.34. The molecule has 0 unspecified atom stereocenters. The minimum Gasteiger partial charge on any atom is -0.309 e.